The van der Waals surface area contributed by atoms with Crippen LogP contribution in [0.2, 0.25) is 0 Å². The number of hydrogen-bond acceptors (Lipinski definition) is 3. The van der Waals surface area contributed by atoms with Gasteiger partial charge in [-0.15, -0.1) is 6.42 Å². The maximum atomic E-state index is 12.3. The summed E-state index contributed by atoms with van der Waals surface area (Å²) >= 11 is 0. The quantitative estimate of drug-likeness (QED) is 0.740. The van der Waals surface area contributed by atoms with Crippen molar-refractivity contribution in [3.8, 4) is 12.3 Å². The Morgan fingerprint density at radius 2 is 1.80 bits per heavy atom. The van der Waals surface area contributed by atoms with E-state index in [2.05, 4.69) is 16.1 Å². The van der Waals surface area contributed by atoms with Gasteiger partial charge in [0.05, 0.1) is 13.1 Å². The summed E-state index contributed by atoms with van der Waals surface area (Å²) in [5, 5.41) is 2.66. The van der Waals surface area contributed by atoms with Gasteiger partial charge in [0, 0.05) is 32.1 Å². The highest BCUT2D eigenvalue weighted by Gasteiger charge is 2.29. The Labute approximate surface area is 120 Å². The highest BCUT2D eigenvalue weighted by molar-refractivity contribution is 5.79. The second kappa shape index (κ2) is 7.30. The van der Waals surface area contributed by atoms with Crippen LogP contribution in [0.25, 0.3) is 0 Å². The molecule has 1 aliphatic heterocycles. The molecule has 0 radical (unpaired) electrons. The van der Waals surface area contributed by atoms with Crippen LogP contribution in [0.15, 0.2) is 0 Å². The normalized spacial score (nSPS) is 20.6. The zero-order valence-electron chi connectivity index (χ0n) is 11.9. The zero-order chi connectivity index (χ0) is 14.4. The Bertz CT molecular complexity index is 388. The van der Waals surface area contributed by atoms with Gasteiger partial charge < -0.3 is 10.2 Å². The van der Waals surface area contributed by atoms with Gasteiger partial charge in [0.1, 0.15) is 0 Å². The number of carbonyl (C=O) groups excluding carboxylic acids is 2. The van der Waals surface area contributed by atoms with E-state index in [1.165, 1.54) is 12.8 Å². The third kappa shape index (κ3) is 3.97. The summed E-state index contributed by atoms with van der Waals surface area (Å²) in [5.41, 5.74) is 0. The molecule has 5 heteroatoms. The van der Waals surface area contributed by atoms with E-state index >= 15 is 0 Å². The predicted octanol–water partition coefficient (Wildman–Crippen LogP) is 0.0702. The summed E-state index contributed by atoms with van der Waals surface area (Å²) in [5.74, 6) is 2.91. The molecule has 0 aromatic carbocycles. The molecule has 0 aromatic heterocycles. The van der Waals surface area contributed by atoms with Crippen LogP contribution >= 0.6 is 0 Å². The van der Waals surface area contributed by atoms with Gasteiger partial charge in [0.2, 0.25) is 11.8 Å². The summed E-state index contributed by atoms with van der Waals surface area (Å²) in [6, 6.07) is 0. The van der Waals surface area contributed by atoms with Crippen LogP contribution in [0.3, 0.4) is 0 Å². The molecule has 2 aliphatic rings. The van der Waals surface area contributed by atoms with Crippen molar-refractivity contribution in [1.29, 1.82) is 0 Å². The highest BCUT2D eigenvalue weighted by atomic mass is 16.2. The van der Waals surface area contributed by atoms with Crippen LogP contribution in [-0.4, -0.2) is 60.9 Å². The second-order valence-electron chi connectivity index (χ2n) is 5.56. The van der Waals surface area contributed by atoms with Crippen molar-refractivity contribution in [2.45, 2.75) is 25.7 Å². The second-order valence-corrected chi connectivity index (χ2v) is 5.56. The summed E-state index contributed by atoms with van der Waals surface area (Å²) in [7, 11) is 0. The molecule has 0 atom stereocenters. The molecule has 2 fully saturated rings. The van der Waals surface area contributed by atoms with E-state index in [0.29, 0.717) is 12.5 Å². The van der Waals surface area contributed by atoms with Crippen molar-refractivity contribution in [3.05, 3.63) is 0 Å². The lowest BCUT2D eigenvalue weighted by molar-refractivity contribution is -0.137. The fourth-order valence-corrected chi connectivity index (χ4v) is 2.97. The lowest BCUT2D eigenvalue weighted by atomic mass is 10.1. The summed E-state index contributed by atoms with van der Waals surface area (Å²) < 4.78 is 0. The highest BCUT2D eigenvalue weighted by Crippen LogP contribution is 2.26. The third-order valence-corrected chi connectivity index (χ3v) is 4.14. The van der Waals surface area contributed by atoms with Crippen molar-refractivity contribution in [2.75, 3.05) is 39.3 Å². The van der Waals surface area contributed by atoms with E-state index in [4.69, 9.17) is 6.42 Å². The number of amides is 2. The van der Waals surface area contributed by atoms with Gasteiger partial charge in [0.15, 0.2) is 0 Å². The van der Waals surface area contributed by atoms with Crippen LogP contribution < -0.4 is 5.32 Å². The molecule has 0 aromatic rings. The molecule has 1 saturated heterocycles. The topological polar surface area (TPSA) is 52.7 Å². The van der Waals surface area contributed by atoms with Crippen molar-refractivity contribution in [3.63, 3.8) is 0 Å². The minimum atomic E-state index is -0.0430. The van der Waals surface area contributed by atoms with Crippen LogP contribution in [0, 0.1) is 18.3 Å². The largest absolute Gasteiger partial charge is 0.344 e. The first kappa shape index (κ1) is 14.9. The van der Waals surface area contributed by atoms with Crippen LogP contribution in [0.5, 0.6) is 0 Å². The molecule has 2 amide bonds. The zero-order valence-corrected chi connectivity index (χ0v) is 11.9. The molecule has 0 spiro atoms. The Hall–Kier alpha value is -1.54. The molecule has 5 nitrogen and oxygen atoms in total. The van der Waals surface area contributed by atoms with Gasteiger partial charge in [-0.05, 0) is 12.8 Å². The SMILES string of the molecule is C#CCNC(=O)CN1CCN(C(=O)C2CCCC2)CC1. The van der Waals surface area contributed by atoms with Crippen LogP contribution in [0.1, 0.15) is 25.7 Å². The number of rotatable bonds is 4. The van der Waals surface area contributed by atoms with Crippen molar-refractivity contribution in [1.82, 2.24) is 15.1 Å². The molecule has 20 heavy (non-hydrogen) atoms. The van der Waals surface area contributed by atoms with E-state index in [1.807, 2.05) is 4.90 Å². The minimum Gasteiger partial charge on any atom is -0.344 e. The Kier molecular flexibility index (Phi) is 5.42. The lowest BCUT2D eigenvalue weighted by Gasteiger charge is -2.35. The monoisotopic (exact) mass is 277 g/mol. The summed E-state index contributed by atoms with van der Waals surface area (Å²) in [6.07, 6.45) is 9.57. The Balaban J connectivity index is 1.70. The van der Waals surface area contributed by atoms with E-state index in [1.54, 1.807) is 0 Å². The van der Waals surface area contributed by atoms with Gasteiger partial charge in [-0.25, -0.2) is 0 Å². The average molecular weight is 277 g/mol. The van der Waals surface area contributed by atoms with E-state index in [9.17, 15) is 9.59 Å². The number of carbonyl (C=O) groups is 2. The molecule has 1 saturated carbocycles. The molecule has 0 bridgehead atoms. The van der Waals surface area contributed by atoms with Crippen molar-refractivity contribution >= 4 is 11.8 Å². The van der Waals surface area contributed by atoms with E-state index in [-0.39, 0.29) is 18.4 Å². The molecular weight excluding hydrogens is 254 g/mol. The Morgan fingerprint density at radius 3 is 2.40 bits per heavy atom. The fourth-order valence-electron chi connectivity index (χ4n) is 2.97. The van der Waals surface area contributed by atoms with Gasteiger partial charge in [-0.2, -0.15) is 0 Å². The number of nitrogens with zero attached hydrogens (tertiary/aromatic N) is 2. The summed E-state index contributed by atoms with van der Waals surface area (Å²) in [6.45, 7) is 3.64. The first-order valence-electron chi connectivity index (χ1n) is 7.42. The van der Waals surface area contributed by atoms with Gasteiger partial charge in [-0.3, -0.25) is 14.5 Å². The van der Waals surface area contributed by atoms with Gasteiger partial charge in [0.25, 0.3) is 0 Å². The molecule has 1 aliphatic carbocycles. The standard InChI is InChI=1S/C15H23N3O2/c1-2-7-16-14(19)12-17-8-10-18(11-9-17)15(20)13-5-3-4-6-13/h1,13H,3-12H2,(H,16,19). The Morgan fingerprint density at radius 1 is 1.15 bits per heavy atom. The van der Waals surface area contributed by atoms with Gasteiger partial charge >= 0.3 is 0 Å². The first-order chi connectivity index (χ1) is 9.70. The van der Waals surface area contributed by atoms with E-state index < -0.39 is 0 Å². The predicted molar refractivity (Wildman–Crippen MR) is 76.8 cm³/mol. The van der Waals surface area contributed by atoms with Crippen molar-refractivity contribution < 1.29 is 9.59 Å². The van der Waals surface area contributed by atoms with Crippen LogP contribution in [-0.2, 0) is 9.59 Å². The number of nitrogens with one attached hydrogen (secondary N) is 1. The molecular formula is C15H23N3O2. The lowest BCUT2D eigenvalue weighted by Crippen LogP contribution is -2.52. The maximum Gasteiger partial charge on any atom is 0.234 e. The molecule has 2 rings (SSSR count). The molecule has 0 unspecified atom stereocenters. The van der Waals surface area contributed by atoms with Crippen LogP contribution in [0.4, 0.5) is 0 Å². The average Bonchev–Trinajstić information content (AvgIpc) is 2.99. The molecule has 1 N–H and O–H groups in total. The van der Waals surface area contributed by atoms with Gasteiger partial charge in [-0.1, -0.05) is 18.8 Å². The number of hydrogen-bond donors (Lipinski definition) is 1. The third-order valence-electron chi connectivity index (χ3n) is 4.14. The summed E-state index contributed by atoms with van der Waals surface area (Å²) in [4.78, 5) is 27.9. The molecule has 110 valence electrons. The molecule has 1 heterocycles. The first-order valence-corrected chi connectivity index (χ1v) is 7.42. The maximum absolute atomic E-state index is 12.3. The fraction of sp³-hybridized carbons (Fsp3) is 0.733. The minimum absolute atomic E-state index is 0.0430. The smallest absolute Gasteiger partial charge is 0.234 e. The van der Waals surface area contributed by atoms with E-state index in [0.717, 1.165) is 39.0 Å². The number of piperazine rings is 1. The van der Waals surface area contributed by atoms with Crippen molar-refractivity contribution in [2.24, 2.45) is 5.92 Å². The number of terminal acetylenes is 1.